The smallest absolute Gasteiger partial charge is 0.263 e. The molecule has 0 aliphatic carbocycles. The van der Waals surface area contributed by atoms with Gasteiger partial charge in [0.25, 0.3) is 5.89 Å². The molecule has 1 aromatic carbocycles. The van der Waals surface area contributed by atoms with Gasteiger partial charge in [0.2, 0.25) is 5.88 Å². The molecule has 0 N–H and O–H groups in total. The molecule has 4 aromatic heterocycles. The summed E-state index contributed by atoms with van der Waals surface area (Å²) in [6, 6.07) is 12.8. The first kappa shape index (κ1) is 23.9. The lowest BCUT2D eigenvalue weighted by Gasteiger charge is -2.12. The number of pyridine rings is 1. The third-order valence-corrected chi connectivity index (χ3v) is 5.54. The monoisotopic (exact) mass is 500 g/mol. The minimum atomic E-state index is 0.191. The molecule has 0 spiro atoms. The highest BCUT2D eigenvalue weighted by Crippen LogP contribution is 2.30. The third kappa shape index (κ3) is 5.53. The lowest BCUT2D eigenvalue weighted by Crippen LogP contribution is -2.03. The molecule has 37 heavy (non-hydrogen) atoms. The van der Waals surface area contributed by atoms with Crippen molar-refractivity contribution in [1.82, 2.24) is 19.7 Å². The SMILES string of the molecule is COc1cc(COc2nn(Cc3cccnc3)cc2C=O)ccc1OCc1nc(-c2ccco2)oc1C. The largest absolute Gasteiger partial charge is 0.493 e. The number of carbonyl (C=O) groups is 1. The molecule has 0 aliphatic heterocycles. The second-order valence-electron chi connectivity index (χ2n) is 8.13. The number of hydrogen-bond donors (Lipinski definition) is 0. The maximum absolute atomic E-state index is 11.5. The number of aryl methyl sites for hydroxylation is 1. The van der Waals surface area contributed by atoms with Crippen molar-refractivity contribution in [3.05, 3.63) is 95.5 Å². The molecule has 0 bridgehead atoms. The molecule has 0 aliphatic rings. The summed E-state index contributed by atoms with van der Waals surface area (Å²) in [5.74, 6) is 2.93. The van der Waals surface area contributed by atoms with E-state index in [-0.39, 0.29) is 19.1 Å². The fourth-order valence-electron chi connectivity index (χ4n) is 3.66. The van der Waals surface area contributed by atoms with E-state index >= 15 is 0 Å². The van der Waals surface area contributed by atoms with Gasteiger partial charge in [-0.15, -0.1) is 5.10 Å². The number of rotatable bonds is 11. The van der Waals surface area contributed by atoms with Crippen molar-refractivity contribution in [2.24, 2.45) is 0 Å². The van der Waals surface area contributed by atoms with Crippen LogP contribution < -0.4 is 14.2 Å². The molecule has 0 amide bonds. The molecule has 4 heterocycles. The van der Waals surface area contributed by atoms with Crippen LogP contribution in [0.5, 0.6) is 17.4 Å². The van der Waals surface area contributed by atoms with Crippen molar-refractivity contribution in [1.29, 1.82) is 0 Å². The molecule has 0 radical (unpaired) electrons. The highest BCUT2D eigenvalue weighted by molar-refractivity contribution is 5.77. The van der Waals surface area contributed by atoms with E-state index in [0.29, 0.717) is 46.7 Å². The first-order valence-electron chi connectivity index (χ1n) is 11.5. The van der Waals surface area contributed by atoms with Crippen LogP contribution in [0.1, 0.15) is 32.9 Å². The number of benzene rings is 1. The summed E-state index contributed by atoms with van der Waals surface area (Å²) < 4.78 is 30.0. The van der Waals surface area contributed by atoms with Crippen molar-refractivity contribution < 1.29 is 27.8 Å². The Morgan fingerprint density at radius 3 is 2.73 bits per heavy atom. The molecular formula is C27H24N4O6. The minimum absolute atomic E-state index is 0.191. The molecule has 10 heteroatoms. The van der Waals surface area contributed by atoms with E-state index in [0.717, 1.165) is 17.4 Å². The quantitative estimate of drug-likeness (QED) is 0.234. The van der Waals surface area contributed by atoms with Crippen molar-refractivity contribution in [2.45, 2.75) is 26.7 Å². The normalized spacial score (nSPS) is 10.9. The van der Waals surface area contributed by atoms with E-state index in [1.807, 2.05) is 31.2 Å². The molecule has 10 nitrogen and oxygen atoms in total. The summed E-state index contributed by atoms with van der Waals surface area (Å²) in [6.45, 7) is 2.68. The average Bonchev–Trinajstić information content (AvgIpc) is 3.67. The van der Waals surface area contributed by atoms with Crippen LogP contribution in [-0.2, 0) is 19.8 Å². The lowest BCUT2D eigenvalue weighted by atomic mass is 10.2. The summed E-state index contributed by atoms with van der Waals surface area (Å²) in [4.78, 5) is 20.1. The van der Waals surface area contributed by atoms with Crippen LogP contribution >= 0.6 is 0 Å². The summed E-state index contributed by atoms with van der Waals surface area (Å²) in [7, 11) is 1.56. The van der Waals surface area contributed by atoms with Gasteiger partial charge >= 0.3 is 0 Å². The third-order valence-electron chi connectivity index (χ3n) is 5.54. The lowest BCUT2D eigenvalue weighted by molar-refractivity contribution is 0.111. The zero-order chi connectivity index (χ0) is 25.6. The standard InChI is InChI=1S/C27H24N4O6/c1-18-22(29-27(37-18)24-6-4-10-34-24)17-35-23-8-7-19(11-25(23)33-2)16-36-26-21(15-32)14-31(30-26)13-20-5-3-9-28-12-20/h3-12,14-15H,13,16-17H2,1-2H3. The van der Waals surface area contributed by atoms with Crippen molar-refractivity contribution in [2.75, 3.05) is 7.11 Å². The molecule has 0 saturated heterocycles. The van der Waals surface area contributed by atoms with Gasteiger partial charge in [0.05, 0.1) is 25.5 Å². The number of carbonyl (C=O) groups excluding carboxylic acids is 1. The predicted molar refractivity (Wildman–Crippen MR) is 132 cm³/mol. The summed E-state index contributed by atoms with van der Waals surface area (Å²) in [5.41, 5.74) is 2.81. The van der Waals surface area contributed by atoms with Crippen LogP contribution in [0.4, 0.5) is 0 Å². The Labute approximate surface area is 212 Å². The molecule has 5 rings (SSSR count). The topological polar surface area (TPSA) is 115 Å². The van der Waals surface area contributed by atoms with Gasteiger partial charge in [-0.3, -0.25) is 14.5 Å². The van der Waals surface area contributed by atoms with Gasteiger partial charge in [0.15, 0.2) is 23.5 Å². The highest BCUT2D eigenvalue weighted by Gasteiger charge is 2.16. The van der Waals surface area contributed by atoms with Crippen LogP contribution in [0.3, 0.4) is 0 Å². The zero-order valence-corrected chi connectivity index (χ0v) is 20.3. The molecule has 0 fully saturated rings. The van der Waals surface area contributed by atoms with Crippen LogP contribution in [0.25, 0.3) is 11.7 Å². The van der Waals surface area contributed by atoms with Crippen molar-refractivity contribution >= 4 is 6.29 Å². The van der Waals surface area contributed by atoms with Gasteiger partial charge in [-0.2, -0.15) is 0 Å². The van der Waals surface area contributed by atoms with Gasteiger partial charge in [-0.25, -0.2) is 4.98 Å². The fourth-order valence-corrected chi connectivity index (χ4v) is 3.66. The molecule has 0 saturated carbocycles. The summed E-state index contributed by atoms with van der Waals surface area (Å²) in [6.07, 6.45) is 7.39. The Balaban J connectivity index is 1.23. The van der Waals surface area contributed by atoms with E-state index in [1.54, 1.807) is 54.8 Å². The fraction of sp³-hybridized carbons (Fsp3) is 0.185. The van der Waals surface area contributed by atoms with E-state index in [2.05, 4.69) is 15.1 Å². The van der Waals surface area contributed by atoms with Crippen LogP contribution in [0, 0.1) is 6.92 Å². The number of oxazole rings is 1. The minimum Gasteiger partial charge on any atom is -0.493 e. The van der Waals surface area contributed by atoms with Gasteiger partial charge in [-0.1, -0.05) is 12.1 Å². The zero-order valence-electron chi connectivity index (χ0n) is 20.3. The van der Waals surface area contributed by atoms with Gasteiger partial charge in [-0.05, 0) is 48.4 Å². The second-order valence-corrected chi connectivity index (χ2v) is 8.13. The molecular weight excluding hydrogens is 476 g/mol. The van der Waals surface area contributed by atoms with Gasteiger partial charge in [0, 0.05) is 18.6 Å². The Kier molecular flexibility index (Phi) is 6.98. The highest BCUT2D eigenvalue weighted by atomic mass is 16.5. The Hall–Kier alpha value is -4.86. The van der Waals surface area contributed by atoms with Crippen molar-refractivity contribution in [3.8, 4) is 29.0 Å². The van der Waals surface area contributed by atoms with Gasteiger partial charge < -0.3 is 23.0 Å². The number of hydrogen-bond acceptors (Lipinski definition) is 9. The van der Waals surface area contributed by atoms with E-state index in [4.69, 9.17) is 23.0 Å². The number of methoxy groups -OCH3 is 1. The maximum Gasteiger partial charge on any atom is 0.263 e. The number of nitrogens with zero attached hydrogens (tertiary/aromatic N) is 4. The molecule has 0 unspecified atom stereocenters. The number of ether oxygens (including phenoxy) is 3. The number of aromatic nitrogens is 4. The molecule has 5 aromatic rings. The number of furan rings is 1. The van der Waals surface area contributed by atoms with Crippen molar-refractivity contribution in [3.63, 3.8) is 0 Å². The second kappa shape index (κ2) is 10.8. The van der Waals surface area contributed by atoms with Crippen LogP contribution in [-0.4, -0.2) is 33.1 Å². The summed E-state index contributed by atoms with van der Waals surface area (Å²) >= 11 is 0. The molecule has 0 atom stereocenters. The average molecular weight is 501 g/mol. The Morgan fingerprint density at radius 2 is 1.97 bits per heavy atom. The van der Waals surface area contributed by atoms with Crippen LogP contribution in [0.15, 0.2) is 76.2 Å². The Bertz CT molecular complexity index is 1470. The molecule has 188 valence electrons. The first-order valence-corrected chi connectivity index (χ1v) is 11.5. The predicted octanol–water partition coefficient (Wildman–Crippen LogP) is 4.86. The Morgan fingerprint density at radius 1 is 1.05 bits per heavy atom. The van der Waals surface area contributed by atoms with Crippen LogP contribution in [0.2, 0.25) is 0 Å². The van der Waals surface area contributed by atoms with E-state index in [1.165, 1.54) is 0 Å². The first-order chi connectivity index (χ1) is 18.1. The number of aldehydes is 1. The van der Waals surface area contributed by atoms with Gasteiger partial charge in [0.1, 0.15) is 24.7 Å². The summed E-state index contributed by atoms with van der Waals surface area (Å²) in [5, 5.41) is 4.40. The maximum atomic E-state index is 11.5. The van der Waals surface area contributed by atoms with E-state index in [9.17, 15) is 4.79 Å². The van der Waals surface area contributed by atoms with E-state index < -0.39 is 0 Å².